The predicted octanol–water partition coefficient (Wildman–Crippen LogP) is 2.56. The van der Waals surface area contributed by atoms with Gasteiger partial charge in [0, 0.05) is 30.6 Å². The summed E-state index contributed by atoms with van der Waals surface area (Å²) in [5, 5.41) is 3.58. The van der Waals surface area contributed by atoms with Crippen molar-refractivity contribution in [1.82, 2.24) is 15.3 Å². The molecule has 0 radical (unpaired) electrons. The number of fused-ring (bicyclic) bond motifs is 1. The molecule has 0 fully saturated rings. The second-order valence-electron chi connectivity index (χ2n) is 4.91. The first kappa shape index (κ1) is 13.4. The number of aromatic nitrogens is 2. The van der Waals surface area contributed by atoms with E-state index >= 15 is 0 Å². The van der Waals surface area contributed by atoms with E-state index in [9.17, 15) is 0 Å². The van der Waals surface area contributed by atoms with Gasteiger partial charge in [-0.2, -0.15) is 0 Å². The molecule has 1 aliphatic rings. The van der Waals surface area contributed by atoms with E-state index < -0.39 is 0 Å². The Balaban J connectivity index is 2.19. The Labute approximate surface area is 109 Å². The van der Waals surface area contributed by atoms with Crippen molar-refractivity contribution in [3.63, 3.8) is 0 Å². The van der Waals surface area contributed by atoms with Crippen LogP contribution < -0.4 is 5.32 Å². The second kappa shape index (κ2) is 6.25. The molecule has 0 aromatic carbocycles. The van der Waals surface area contributed by atoms with Gasteiger partial charge in [0.2, 0.25) is 0 Å². The summed E-state index contributed by atoms with van der Waals surface area (Å²) in [7, 11) is 1.69. The summed E-state index contributed by atoms with van der Waals surface area (Å²) in [6.07, 6.45) is 6.57. The number of nitrogens with zero attached hydrogens (tertiary/aromatic N) is 2. The fourth-order valence-corrected chi connectivity index (χ4v) is 2.39. The van der Waals surface area contributed by atoms with Crippen LogP contribution in [0.25, 0.3) is 0 Å². The molecule has 4 nitrogen and oxygen atoms in total. The Morgan fingerprint density at radius 3 is 3.11 bits per heavy atom. The van der Waals surface area contributed by atoms with Gasteiger partial charge in [0.25, 0.3) is 0 Å². The molecule has 0 saturated carbocycles. The third-order valence-corrected chi connectivity index (χ3v) is 3.56. The first-order chi connectivity index (χ1) is 8.76. The quantitative estimate of drug-likeness (QED) is 0.871. The van der Waals surface area contributed by atoms with Crippen molar-refractivity contribution in [2.24, 2.45) is 0 Å². The molecule has 4 heteroatoms. The van der Waals surface area contributed by atoms with Gasteiger partial charge in [0.15, 0.2) is 5.82 Å². The average molecular weight is 249 g/mol. The molecule has 1 heterocycles. The smallest absolute Gasteiger partial charge is 0.157 e. The molecule has 0 saturated heterocycles. The first-order valence-electron chi connectivity index (χ1n) is 6.88. The number of aryl methyl sites for hydroxylation is 1. The summed E-state index contributed by atoms with van der Waals surface area (Å²) in [6, 6.07) is 0.431. The van der Waals surface area contributed by atoms with Crippen LogP contribution in [0.15, 0.2) is 6.20 Å². The minimum Gasteiger partial charge on any atom is -0.374 e. The van der Waals surface area contributed by atoms with Gasteiger partial charge in [-0.05, 0) is 39.2 Å². The lowest BCUT2D eigenvalue weighted by Crippen LogP contribution is -2.27. The number of nitrogens with one attached hydrogen (secondary N) is 1. The lowest BCUT2D eigenvalue weighted by atomic mass is 9.92. The highest BCUT2D eigenvalue weighted by Crippen LogP contribution is 2.28. The molecule has 2 rings (SSSR count). The molecule has 1 aromatic rings. The first-order valence-corrected chi connectivity index (χ1v) is 6.88. The molecule has 2 unspecified atom stereocenters. The fourth-order valence-electron chi connectivity index (χ4n) is 2.39. The average Bonchev–Trinajstić information content (AvgIpc) is 2.43. The summed E-state index contributed by atoms with van der Waals surface area (Å²) in [5.74, 6) is 0.799. The molecule has 0 spiro atoms. The largest absolute Gasteiger partial charge is 0.374 e. The molecule has 0 bridgehead atoms. The van der Waals surface area contributed by atoms with Crippen LogP contribution in [-0.4, -0.2) is 23.6 Å². The Morgan fingerprint density at radius 2 is 2.39 bits per heavy atom. The van der Waals surface area contributed by atoms with Crippen molar-refractivity contribution >= 4 is 0 Å². The molecule has 1 N–H and O–H groups in total. The Kier molecular flexibility index (Phi) is 4.66. The highest BCUT2D eigenvalue weighted by Gasteiger charge is 2.22. The van der Waals surface area contributed by atoms with Crippen molar-refractivity contribution < 1.29 is 4.74 Å². The molecular weight excluding hydrogens is 226 g/mol. The van der Waals surface area contributed by atoms with Crippen LogP contribution in [-0.2, 0) is 11.2 Å². The summed E-state index contributed by atoms with van der Waals surface area (Å²) in [4.78, 5) is 9.11. The normalized spacial score (nSPS) is 20.5. The van der Waals surface area contributed by atoms with E-state index in [1.165, 1.54) is 24.1 Å². The monoisotopic (exact) mass is 249 g/mol. The van der Waals surface area contributed by atoms with Crippen molar-refractivity contribution in [2.45, 2.75) is 51.7 Å². The number of methoxy groups -OCH3 is 1. The van der Waals surface area contributed by atoms with Crippen molar-refractivity contribution in [3.8, 4) is 0 Å². The van der Waals surface area contributed by atoms with E-state index in [1.54, 1.807) is 7.11 Å². The zero-order valence-electron chi connectivity index (χ0n) is 11.6. The lowest BCUT2D eigenvalue weighted by Gasteiger charge is -2.26. The van der Waals surface area contributed by atoms with E-state index in [1.807, 2.05) is 13.1 Å². The van der Waals surface area contributed by atoms with Gasteiger partial charge in [0.05, 0.1) is 0 Å². The maximum atomic E-state index is 5.28. The third kappa shape index (κ3) is 2.87. The summed E-state index contributed by atoms with van der Waals surface area (Å²) >= 11 is 0. The maximum Gasteiger partial charge on any atom is 0.157 e. The highest BCUT2D eigenvalue weighted by molar-refractivity contribution is 5.24. The van der Waals surface area contributed by atoms with Crippen LogP contribution in [0.5, 0.6) is 0 Å². The SMILES string of the molecule is CCCNC1CCCc2nc(C(C)OC)ncc21. The molecule has 18 heavy (non-hydrogen) atoms. The molecule has 100 valence electrons. The van der Waals surface area contributed by atoms with Crippen LogP contribution in [0.4, 0.5) is 0 Å². The number of hydrogen-bond acceptors (Lipinski definition) is 4. The molecule has 0 amide bonds. The lowest BCUT2D eigenvalue weighted by molar-refractivity contribution is 0.111. The Hall–Kier alpha value is -1.00. The van der Waals surface area contributed by atoms with Gasteiger partial charge in [-0.3, -0.25) is 0 Å². The Bertz CT molecular complexity index is 395. The van der Waals surface area contributed by atoms with E-state index in [0.29, 0.717) is 6.04 Å². The van der Waals surface area contributed by atoms with Crippen LogP contribution in [0.2, 0.25) is 0 Å². The minimum atomic E-state index is -0.0284. The fraction of sp³-hybridized carbons (Fsp3) is 0.714. The highest BCUT2D eigenvalue weighted by atomic mass is 16.5. The Morgan fingerprint density at radius 1 is 1.56 bits per heavy atom. The van der Waals surface area contributed by atoms with Gasteiger partial charge >= 0.3 is 0 Å². The van der Waals surface area contributed by atoms with E-state index in [2.05, 4.69) is 22.2 Å². The topological polar surface area (TPSA) is 47.0 Å². The second-order valence-corrected chi connectivity index (χ2v) is 4.91. The van der Waals surface area contributed by atoms with Crippen molar-refractivity contribution in [2.75, 3.05) is 13.7 Å². The summed E-state index contributed by atoms with van der Waals surface area (Å²) < 4.78 is 5.28. The zero-order chi connectivity index (χ0) is 13.0. The van der Waals surface area contributed by atoms with E-state index in [0.717, 1.165) is 25.2 Å². The van der Waals surface area contributed by atoms with Gasteiger partial charge < -0.3 is 10.1 Å². The third-order valence-electron chi connectivity index (χ3n) is 3.56. The van der Waals surface area contributed by atoms with Crippen molar-refractivity contribution in [3.05, 3.63) is 23.3 Å². The van der Waals surface area contributed by atoms with Gasteiger partial charge in [-0.25, -0.2) is 9.97 Å². The standard InChI is InChI=1S/C14H23N3O/c1-4-8-15-12-6-5-7-13-11(12)9-16-14(17-13)10(2)18-3/h9-10,12,15H,4-8H2,1-3H3. The number of hydrogen-bond donors (Lipinski definition) is 1. The molecule has 1 aliphatic carbocycles. The van der Waals surface area contributed by atoms with Crippen LogP contribution >= 0.6 is 0 Å². The predicted molar refractivity (Wildman–Crippen MR) is 71.4 cm³/mol. The van der Waals surface area contributed by atoms with Crippen LogP contribution in [0.3, 0.4) is 0 Å². The van der Waals surface area contributed by atoms with Gasteiger partial charge in [-0.1, -0.05) is 6.92 Å². The van der Waals surface area contributed by atoms with Crippen molar-refractivity contribution in [1.29, 1.82) is 0 Å². The molecule has 2 atom stereocenters. The van der Waals surface area contributed by atoms with E-state index in [4.69, 9.17) is 4.74 Å². The summed E-state index contributed by atoms with van der Waals surface area (Å²) in [5.41, 5.74) is 2.48. The number of ether oxygens (including phenoxy) is 1. The van der Waals surface area contributed by atoms with Crippen LogP contribution in [0, 0.1) is 0 Å². The van der Waals surface area contributed by atoms with E-state index in [-0.39, 0.29) is 6.10 Å². The summed E-state index contributed by atoms with van der Waals surface area (Å²) in [6.45, 7) is 5.23. The molecular formula is C14H23N3O. The van der Waals surface area contributed by atoms with Crippen LogP contribution in [0.1, 0.15) is 62.3 Å². The zero-order valence-corrected chi connectivity index (χ0v) is 11.6. The van der Waals surface area contributed by atoms with Gasteiger partial charge in [0.1, 0.15) is 6.10 Å². The molecule has 1 aromatic heterocycles. The van der Waals surface area contributed by atoms with Gasteiger partial charge in [-0.15, -0.1) is 0 Å². The maximum absolute atomic E-state index is 5.28. The number of rotatable bonds is 5. The minimum absolute atomic E-state index is 0.0284. The molecule has 0 aliphatic heterocycles.